The molecule has 222 valence electrons. The average Bonchev–Trinajstić information content (AvgIpc) is 3.16. The predicted octanol–water partition coefficient (Wildman–Crippen LogP) is 13.6. The van der Waals surface area contributed by atoms with Gasteiger partial charge in [0, 0.05) is 0 Å². The van der Waals surface area contributed by atoms with Crippen LogP contribution in [-0.4, -0.2) is 0 Å². The van der Waals surface area contributed by atoms with Gasteiger partial charge in [-0.15, -0.1) is 0 Å². The third-order valence-corrected chi connectivity index (χ3v) is 10.2. The maximum absolute atomic E-state index is 2.41. The molecular formula is C48H30. The van der Waals surface area contributed by atoms with Crippen LogP contribution in [0, 0.1) is 0 Å². The highest BCUT2D eigenvalue weighted by molar-refractivity contribution is 6.31. The van der Waals surface area contributed by atoms with E-state index in [1.165, 1.54) is 98.0 Å². The van der Waals surface area contributed by atoms with E-state index in [4.69, 9.17) is 0 Å². The minimum absolute atomic E-state index is 1.24. The fourth-order valence-corrected chi connectivity index (χ4v) is 8.26. The number of fused-ring (bicyclic) bond motifs is 7. The molecule has 0 radical (unpaired) electrons. The lowest BCUT2D eigenvalue weighted by Gasteiger charge is -2.22. The molecule has 0 bridgehead atoms. The summed E-state index contributed by atoms with van der Waals surface area (Å²) >= 11 is 0. The monoisotopic (exact) mass is 606 g/mol. The molecule has 0 fully saturated rings. The van der Waals surface area contributed by atoms with Crippen LogP contribution in [0.3, 0.4) is 0 Å². The molecule has 0 amide bonds. The van der Waals surface area contributed by atoms with Gasteiger partial charge < -0.3 is 0 Å². The first-order valence-electron chi connectivity index (χ1n) is 16.7. The highest BCUT2D eigenvalue weighted by atomic mass is 14.3. The van der Waals surface area contributed by atoms with Gasteiger partial charge in [0.15, 0.2) is 0 Å². The zero-order chi connectivity index (χ0) is 31.6. The van der Waals surface area contributed by atoms with Gasteiger partial charge in [-0.25, -0.2) is 0 Å². The molecule has 10 aromatic rings. The highest BCUT2D eigenvalue weighted by Gasteiger charge is 2.23. The second kappa shape index (κ2) is 10.7. The molecule has 0 aliphatic heterocycles. The van der Waals surface area contributed by atoms with Crippen molar-refractivity contribution in [2.45, 2.75) is 0 Å². The van der Waals surface area contributed by atoms with Crippen molar-refractivity contribution in [2.24, 2.45) is 0 Å². The Bertz CT molecular complexity index is 2760. The van der Waals surface area contributed by atoms with Crippen LogP contribution in [0.15, 0.2) is 182 Å². The maximum atomic E-state index is 2.41. The van der Waals surface area contributed by atoms with E-state index in [9.17, 15) is 0 Å². The summed E-state index contributed by atoms with van der Waals surface area (Å²) < 4.78 is 0. The van der Waals surface area contributed by atoms with Crippen molar-refractivity contribution in [2.75, 3.05) is 0 Å². The van der Waals surface area contributed by atoms with Crippen LogP contribution in [0.25, 0.3) is 98.0 Å². The van der Waals surface area contributed by atoms with Crippen LogP contribution in [0.2, 0.25) is 0 Å². The molecule has 10 aromatic carbocycles. The topological polar surface area (TPSA) is 0 Å². The van der Waals surface area contributed by atoms with E-state index in [0.29, 0.717) is 0 Å². The molecule has 0 aliphatic carbocycles. The van der Waals surface area contributed by atoms with E-state index in [0.717, 1.165) is 0 Å². The van der Waals surface area contributed by atoms with Gasteiger partial charge in [-0.05, 0) is 104 Å². The van der Waals surface area contributed by atoms with Crippen molar-refractivity contribution in [3.05, 3.63) is 182 Å². The zero-order valence-corrected chi connectivity index (χ0v) is 26.3. The summed E-state index contributed by atoms with van der Waals surface area (Å²) in [6.07, 6.45) is 0. The van der Waals surface area contributed by atoms with Gasteiger partial charge in [-0.1, -0.05) is 176 Å². The van der Waals surface area contributed by atoms with Gasteiger partial charge in [-0.3, -0.25) is 0 Å². The molecule has 0 saturated heterocycles. The van der Waals surface area contributed by atoms with Crippen LogP contribution >= 0.6 is 0 Å². The van der Waals surface area contributed by atoms with E-state index in [-0.39, 0.29) is 0 Å². The Morgan fingerprint density at radius 1 is 0.208 bits per heavy atom. The van der Waals surface area contributed by atoms with Crippen molar-refractivity contribution >= 4 is 64.6 Å². The Balaban J connectivity index is 1.41. The van der Waals surface area contributed by atoms with Gasteiger partial charge in [0.25, 0.3) is 0 Å². The van der Waals surface area contributed by atoms with Crippen molar-refractivity contribution in [3.8, 4) is 33.4 Å². The summed E-state index contributed by atoms with van der Waals surface area (Å²) in [5, 5.41) is 15.3. The molecule has 0 unspecified atom stereocenters. The third-order valence-electron chi connectivity index (χ3n) is 10.2. The van der Waals surface area contributed by atoms with E-state index >= 15 is 0 Å². The van der Waals surface area contributed by atoms with Gasteiger partial charge in [0.1, 0.15) is 0 Å². The van der Waals surface area contributed by atoms with Crippen molar-refractivity contribution in [1.29, 1.82) is 0 Å². The van der Waals surface area contributed by atoms with Crippen LogP contribution in [-0.2, 0) is 0 Å². The van der Waals surface area contributed by atoms with E-state index in [2.05, 4.69) is 182 Å². The first-order valence-corrected chi connectivity index (χ1v) is 16.7. The molecule has 0 nitrogen and oxygen atoms in total. The standard InChI is InChI=1S/C48H30/c1-2-16-31(17-3-1)45-36-22-8-12-26-40(36)47(41-27-13-9-23-37(41)45)48-42-28-14-10-24-38(42)46(39-25-11-15-29-43(39)48)44-30-32-18-4-5-19-33(32)34-20-6-7-21-35(34)44/h1-30H. The fourth-order valence-electron chi connectivity index (χ4n) is 8.26. The lowest BCUT2D eigenvalue weighted by atomic mass is 9.80. The van der Waals surface area contributed by atoms with Gasteiger partial charge >= 0.3 is 0 Å². The largest absolute Gasteiger partial charge is 0.0622 e. The molecule has 0 N–H and O–H groups in total. The Morgan fingerprint density at radius 2 is 0.542 bits per heavy atom. The van der Waals surface area contributed by atoms with Crippen molar-refractivity contribution in [3.63, 3.8) is 0 Å². The normalized spacial score (nSPS) is 11.8. The molecule has 0 heteroatoms. The van der Waals surface area contributed by atoms with Crippen molar-refractivity contribution in [1.82, 2.24) is 0 Å². The summed E-state index contributed by atoms with van der Waals surface area (Å²) in [7, 11) is 0. The summed E-state index contributed by atoms with van der Waals surface area (Å²) in [5.74, 6) is 0. The Morgan fingerprint density at radius 3 is 1.02 bits per heavy atom. The van der Waals surface area contributed by atoms with Gasteiger partial charge in [0.2, 0.25) is 0 Å². The molecule has 0 aliphatic rings. The first kappa shape index (κ1) is 26.9. The summed E-state index contributed by atoms with van der Waals surface area (Å²) in [6, 6.07) is 67.0. The smallest absolute Gasteiger partial charge is 0.00139 e. The lowest BCUT2D eigenvalue weighted by molar-refractivity contribution is 1.67. The van der Waals surface area contributed by atoms with Gasteiger partial charge in [0.05, 0.1) is 0 Å². The summed E-state index contributed by atoms with van der Waals surface area (Å²) in [5.41, 5.74) is 7.69. The molecule has 0 atom stereocenters. The number of benzene rings is 10. The number of hydrogen-bond donors (Lipinski definition) is 0. The lowest BCUT2D eigenvalue weighted by Crippen LogP contribution is -1.95. The molecule has 0 saturated carbocycles. The minimum Gasteiger partial charge on any atom is -0.0622 e. The van der Waals surface area contributed by atoms with E-state index in [1.54, 1.807) is 0 Å². The fraction of sp³-hybridized carbons (Fsp3) is 0. The predicted molar refractivity (Wildman–Crippen MR) is 208 cm³/mol. The van der Waals surface area contributed by atoms with Crippen LogP contribution < -0.4 is 0 Å². The molecular weight excluding hydrogens is 577 g/mol. The Kier molecular flexibility index (Phi) is 5.98. The van der Waals surface area contributed by atoms with E-state index in [1.807, 2.05) is 0 Å². The Hall–Kier alpha value is -6.24. The first-order chi connectivity index (χ1) is 23.9. The molecule has 0 spiro atoms. The Labute approximate surface area is 279 Å². The van der Waals surface area contributed by atoms with Crippen LogP contribution in [0.5, 0.6) is 0 Å². The third kappa shape index (κ3) is 3.90. The number of rotatable bonds is 3. The SMILES string of the molecule is c1ccc(-c2c3ccccc3c(-c3c4ccccc4c(-c4cc5ccccc5c5ccccc45)c4ccccc34)c3ccccc23)cc1. The van der Waals surface area contributed by atoms with Gasteiger partial charge in [-0.2, -0.15) is 0 Å². The number of hydrogen-bond acceptors (Lipinski definition) is 0. The summed E-state index contributed by atoms with van der Waals surface area (Å²) in [4.78, 5) is 0. The molecule has 10 rings (SSSR count). The second-order valence-corrected chi connectivity index (χ2v) is 12.7. The van der Waals surface area contributed by atoms with Crippen LogP contribution in [0.4, 0.5) is 0 Å². The highest BCUT2D eigenvalue weighted by Crippen LogP contribution is 2.51. The average molecular weight is 607 g/mol. The maximum Gasteiger partial charge on any atom is -0.00139 e. The summed E-state index contributed by atoms with van der Waals surface area (Å²) in [6.45, 7) is 0. The molecule has 0 heterocycles. The quantitative estimate of drug-likeness (QED) is 0.139. The molecule has 48 heavy (non-hydrogen) atoms. The van der Waals surface area contributed by atoms with E-state index < -0.39 is 0 Å². The van der Waals surface area contributed by atoms with Crippen LogP contribution in [0.1, 0.15) is 0 Å². The zero-order valence-electron chi connectivity index (χ0n) is 26.3. The second-order valence-electron chi connectivity index (χ2n) is 12.7. The van der Waals surface area contributed by atoms with Crippen molar-refractivity contribution < 1.29 is 0 Å². The molecule has 0 aromatic heterocycles. The minimum atomic E-state index is 1.24.